The van der Waals surface area contributed by atoms with Crippen LogP contribution in [0, 0.1) is 0 Å². The molecule has 1 aromatic heterocycles. The summed E-state index contributed by atoms with van der Waals surface area (Å²) in [7, 11) is 0. The van der Waals surface area contributed by atoms with E-state index in [1.807, 2.05) is 24.3 Å². The van der Waals surface area contributed by atoms with Crippen LogP contribution in [-0.2, 0) is 11.2 Å². The molecule has 6 heteroatoms. The fourth-order valence-corrected chi connectivity index (χ4v) is 3.37. The van der Waals surface area contributed by atoms with Crippen LogP contribution in [0.2, 0.25) is 0 Å². The lowest BCUT2D eigenvalue weighted by molar-refractivity contribution is -0.123. The molecule has 1 atom stereocenters. The van der Waals surface area contributed by atoms with Crippen molar-refractivity contribution >= 4 is 17.5 Å². The molecule has 1 unspecified atom stereocenters. The number of hydrogen-bond acceptors (Lipinski definition) is 5. The highest BCUT2D eigenvalue weighted by Gasteiger charge is 2.26. The van der Waals surface area contributed by atoms with E-state index in [-0.39, 0.29) is 5.91 Å². The Morgan fingerprint density at radius 3 is 2.68 bits per heavy atom. The normalized spacial score (nSPS) is 19.7. The molecule has 1 fully saturated rings. The van der Waals surface area contributed by atoms with Gasteiger partial charge in [0.25, 0.3) is 5.91 Å². The van der Waals surface area contributed by atoms with Gasteiger partial charge in [0.1, 0.15) is 5.75 Å². The van der Waals surface area contributed by atoms with Crippen LogP contribution in [0.1, 0.15) is 31.2 Å². The molecule has 2 aliphatic heterocycles. The van der Waals surface area contributed by atoms with E-state index in [1.165, 1.54) is 19.3 Å². The highest BCUT2D eigenvalue weighted by atomic mass is 16.5. The second-order valence-electron chi connectivity index (χ2n) is 6.56. The number of hydrogen-bond donors (Lipinski definition) is 1. The van der Waals surface area contributed by atoms with Gasteiger partial charge in [-0.25, -0.2) is 9.97 Å². The van der Waals surface area contributed by atoms with Crippen molar-refractivity contribution in [3.05, 3.63) is 42.2 Å². The molecule has 2 aliphatic rings. The summed E-state index contributed by atoms with van der Waals surface area (Å²) in [6, 6.07) is 7.86. The van der Waals surface area contributed by atoms with Crippen molar-refractivity contribution in [1.29, 1.82) is 0 Å². The molecule has 0 aliphatic carbocycles. The molecule has 1 saturated heterocycles. The lowest BCUT2D eigenvalue weighted by atomic mass is 10.0. The van der Waals surface area contributed by atoms with Gasteiger partial charge in [-0.15, -0.1) is 0 Å². The Labute approximate surface area is 147 Å². The number of amides is 1. The third-order valence-corrected chi connectivity index (χ3v) is 4.75. The molecule has 130 valence electrons. The Bertz CT molecular complexity index is 741. The van der Waals surface area contributed by atoms with E-state index < -0.39 is 6.10 Å². The maximum absolute atomic E-state index is 12.5. The molecular formula is C19H22N4O2. The Balaban J connectivity index is 1.38. The van der Waals surface area contributed by atoms with E-state index >= 15 is 0 Å². The number of anilines is 2. The third kappa shape index (κ3) is 3.57. The average molecular weight is 338 g/mol. The van der Waals surface area contributed by atoms with Crippen LogP contribution in [0.4, 0.5) is 11.6 Å². The van der Waals surface area contributed by atoms with E-state index in [0.29, 0.717) is 12.1 Å². The molecule has 0 spiro atoms. The van der Waals surface area contributed by atoms with Gasteiger partial charge < -0.3 is 15.0 Å². The number of benzene rings is 1. The maximum Gasteiger partial charge on any atom is 0.265 e. The van der Waals surface area contributed by atoms with E-state index in [9.17, 15) is 4.79 Å². The minimum absolute atomic E-state index is 0.149. The summed E-state index contributed by atoms with van der Waals surface area (Å²) in [5, 5.41) is 2.87. The molecular weight excluding hydrogens is 316 g/mol. The number of rotatable bonds is 3. The first-order valence-electron chi connectivity index (χ1n) is 8.92. The van der Waals surface area contributed by atoms with E-state index in [2.05, 4.69) is 20.2 Å². The van der Waals surface area contributed by atoms with Gasteiger partial charge in [0.2, 0.25) is 5.95 Å². The summed E-state index contributed by atoms with van der Waals surface area (Å²) in [4.78, 5) is 23.4. The van der Waals surface area contributed by atoms with Crippen molar-refractivity contribution in [2.75, 3.05) is 23.3 Å². The number of para-hydroxylation sites is 1. The van der Waals surface area contributed by atoms with Crippen LogP contribution in [0.15, 0.2) is 36.7 Å². The zero-order valence-electron chi connectivity index (χ0n) is 14.1. The van der Waals surface area contributed by atoms with Crippen molar-refractivity contribution in [2.45, 2.75) is 38.2 Å². The Morgan fingerprint density at radius 1 is 1.12 bits per heavy atom. The van der Waals surface area contributed by atoms with E-state index in [4.69, 9.17) is 4.74 Å². The Hall–Kier alpha value is -2.63. The first kappa shape index (κ1) is 15.9. The summed E-state index contributed by atoms with van der Waals surface area (Å²) in [5.41, 5.74) is 1.76. The molecule has 2 aromatic rings. The lowest BCUT2D eigenvalue weighted by Crippen LogP contribution is -2.36. The van der Waals surface area contributed by atoms with Crippen LogP contribution in [0.5, 0.6) is 5.75 Å². The lowest BCUT2D eigenvalue weighted by Gasteiger charge is -2.27. The van der Waals surface area contributed by atoms with Crippen LogP contribution in [0.3, 0.4) is 0 Å². The van der Waals surface area contributed by atoms with Gasteiger partial charge in [-0.1, -0.05) is 18.2 Å². The van der Waals surface area contributed by atoms with Gasteiger partial charge >= 0.3 is 0 Å². The highest BCUT2D eigenvalue weighted by Crippen LogP contribution is 2.27. The van der Waals surface area contributed by atoms with Gasteiger partial charge in [0.15, 0.2) is 6.10 Å². The number of ether oxygens (including phenoxy) is 1. The SMILES string of the molecule is O=C(Nc1cnc(N2CCCCC2)nc1)C1CCc2ccccc2O1. The number of aryl methyl sites for hydroxylation is 1. The molecule has 6 nitrogen and oxygen atoms in total. The van der Waals surface area contributed by atoms with Crippen LogP contribution < -0.4 is 15.0 Å². The Kier molecular flexibility index (Phi) is 4.50. The number of carbonyl (C=O) groups is 1. The van der Waals surface area contributed by atoms with Crippen molar-refractivity contribution in [3.63, 3.8) is 0 Å². The van der Waals surface area contributed by atoms with Gasteiger partial charge in [-0.2, -0.15) is 0 Å². The first-order valence-corrected chi connectivity index (χ1v) is 8.92. The predicted molar refractivity (Wildman–Crippen MR) is 95.9 cm³/mol. The number of carbonyl (C=O) groups excluding carboxylic acids is 1. The summed E-state index contributed by atoms with van der Waals surface area (Å²) >= 11 is 0. The minimum atomic E-state index is -0.475. The second kappa shape index (κ2) is 7.09. The van der Waals surface area contributed by atoms with Crippen LogP contribution in [-0.4, -0.2) is 35.1 Å². The smallest absolute Gasteiger partial charge is 0.265 e. The Morgan fingerprint density at radius 2 is 1.88 bits per heavy atom. The van der Waals surface area contributed by atoms with Gasteiger partial charge in [-0.3, -0.25) is 4.79 Å². The van der Waals surface area contributed by atoms with Gasteiger partial charge in [-0.05, 0) is 43.7 Å². The summed E-state index contributed by atoms with van der Waals surface area (Å²) in [6.07, 6.45) is 8.03. The van der Waals surface area contributed by atoms with E-state index in [1.54, 1.807) is 12.4 Å². The predicted octanol–water partition coefficient (Wildman–Crippen LogP) is 2.80. The maximum atomic E-state index is 12.5. The molecule has 1 N–H and O–H groups in total. The van der Waals surface area contributed by atoms with Gasteiger partial charge in [0.05, 0.1) is 18.1 Å². The number of piperidine rings is 1. The van der Waals surface area contributed by atoms with Crippen molar-refractivity contribution in [2.24, 2.45) is 0 Å². The molecule has 25 heavy (non-hydrogen) atoms. The summed E-state index contributed by atoms with van der Waals surface area (Å²) < 4.78 is 5.82. The van der Waals surface area contributed by atoms with Crippen molar-refractivity contribution < 1.29 is 9.53 Å². The fraction of sp³-hybridized carbons (Fsp3) is 0.421. The first-order chi connectivity index (χ1) is 12.3. The molecule has 3 heterocycles. The standard InChI is InChI=1S/C19H22N4O2/c24-18(17-9-8-14-6-2-3-7-16(14)25-17)22-15-12-20-19(21-13-15)23-10-4-1-5-11-23/h2-3,6-7,12-13,17H,1,4-5,8-11H2,(H,22,24). The largest absolute Gasteiger partial charge is 0.480 e. The number of aromatic nitrogens is 2. The molecule has 0 saturated carbocycles. The highest BCUT2D eigenvalue weighted by molar-refractivity contribution is 5.94. The fourth-order valence-electron chi connectivity index (χ4n) is 3.37. The molecule has 0 radical (unpaired) electrons. The molecule has 1 amide bonds. The number of nitrogens with one attached hydrogen (secondary N) is 1. The zero-order chi connectivity index (χ0) is 17.1. The third-order valence-electron chi connectivity index (χ3n) is 4.75. The molecule has 4 rings (SSSR count). The monoisotopic (exact) mass is 338 g/mol. The topological polar surface area (TPSA) is 67.4 Å². The quantitative estimate of drug-likeness (QED) is 0.932. The minimum Gasteiger partial charge on any atom is -0.480 e. The second-order valence-corrected chi connectivity index (χ2v) is 6.56. The van der Waals surface area contributed by atoms with Gasteiger partial charge in [0, 0.05) is 13.1 Å². The zero-order valence-corrected chi connectivity index (χ0v) is 14.1. The van der Waals surface area contributed by atoms with Crippen molar-refractivity contribution in [1.82, 2.24) is 9.97 Å². The molecule has 0 bridgehead atoms. The van der Waals surface area contributed by atoms with Crippen molar-refractivity contribution in [3.8, 4) is 5.75 Å². The molecule has 1 aromatic carbocycles. The van der Waals surface area contributed by atoms with Crippen LogP contribution >= 0.6 is 0 Å². The van der Waals surface area contributed by atoms with E-state index in [0.717, 1.165) is 36.8 Å². The summed E-state index contributed by atoms with van der Waals surface area (Å²) in [6.45, 7) is 2.00. The number of nitrogens with zero attached hydrogens (tertiary/aromatic N) is 3. The number of fused-ring (bicyclic) bond motifs is 1. The van der Waals surface area contributed by atoms with Crippen LogP contribution in [0.25, 0.3) is 0 Å². The average Bonchev–Trinajstić information content (AvgIpc) is 2.69. The summed E-state index contributed by atoms with van der Waals surface area (Å²) in [5.74, 6) is 1.38.